The lowest BCUT2D eigenvalue weighted by molar-refractivity contribution is 0.102. The van der Waals surface area contributed by atoms with E-state index in [0.29, 0.717) is 16.4 Å². The van der Waals surface area contributed by atoms with Gasteiger partial charge in [-0.25, -0.2) is 15.0 Å². The van der Waals surface area contributed by atoms with Crippen molar-refractivity contribution >= 4 is 34.8 Å². The Balaban J connectivity index is 1.37. The Morgan fingerprint density at radius 1 is 0.893 bits per heavy atom. The highest BCUT2D eigenvalue weighted by Crippen LogP contribution is 2.22. The van der Waals surface area contributed by atoms with E-state index < -0.39 is 0 Å². The first-order valence-corrected chi connectivity index (χ1v) is 9.37. The first-order chi connectivity index (χ1) is 13.7. The van der Waals surface area contributed by atoms with E-state index in [-0.39, 0.29) is 5.91 Å². The molecule has 0 spiro atoms. The molecule has 1 aliphatic heterocycles. The zero-order valence-corrected chi connectivity index (χ0v) is 15.9. The number of aromatic nitrogens is 3. The fraction of sp³-hybridized carbons (Fsp3) is 0.200. The first kappa shape index (κ1) is 18.2. The quantitative estimate of drug-likeness (QED) is 0.733. The number of carbonyl (C=O) groups is 1. The summed E-state index contributed by atoms with van der Waals surface area (Å²) in [6, 6.07) is 12.6. The molecule has 1 N–H and O–H groups in total. The van der Waals surface area contributed by atoms with Crippen molar-refractivity contribution in [3.05, 3.63) is 71.8 Å². The average molecular weight is 395 g/mol. The third-order valence-electron chi connectivity index (χ3n) is 4.58. The van der Waals surface area contributed by atoms with Crippen LogP contribution in [-0.2, 0) is 0 Å². The van der Waals surface area contributed by atoms with Crippen molar-refractivity contribution in [3.8, 4) is 0 Å². The van der Waals surface area contributed by atoms with Crippen molar-refractivity contribution in [3.63, 3.8) is 0 Å². The Kier molecular flexibility index (Phi) is 5.34. The van der Waals surface area contributed by atoms with Crippen LogP contribution in [0.5, 0.6) is 0 Å². The average Bonchev–Trinajstić information content (AvgIpc) is 2.76. The van der Waals surface area contributed by atoms with E-state index >= 15 is 0 Å². The maximum Gasteiger partial charge on any atom is 0.274 e. The summed E-state index contributed by atoms with van der Waals surface area (Å²) < 4.78 is 0. The van der Waals surface area contributed by atoms with Crippen LogP contribution in [0.3, 0.4) is 0 Å². The lowest BCUT2D eigenvalue weighted by Crippen LogP contribution is -2.47. The number of carbonyl (C=O) groups excluding carboxylic acids is 1. The van der Waals surface area contributed by atoms with E-state index in [1.54, 1.807) is 36.8 Å². The summed E-state index contributed by atoms with van der Waals surface area (Å²) in [6.07, 6.45) is 5.24. The summed E-state index contributed by atoms with van der Waals surface area (Å²) >= 11 is 6.08. The number of anilines is 3. The summed E-state index contributed by atoms with van der Waals surface area (Å²) in [5.74, 6) is 0.470. The molecule has 0 bridgehead atoms. The summed E-state index contributed by atoms with van der Waals surface area (Å²) in [4.78, 5) is 29.7. The first-order valence-electron chi connectivity index (χ1n) is 8.99. The van der Waals surface area contributed by atoms with Gasteiger partial charge in [0.25, 0.3) is 5.91 Å². The van der Waals surface area contributed by atoms with Crippen LogP contribution in [0.2, 0.25) is 5.02 Å². The van der Waals surface area contributed by atoms with Crippen LogP contribution in [0.1, 0.15) is 10.5 Å². The summed E-state index contributed by atoms with van der Waals surface area (Å²) in [7, 11) is 0. The number of nitrogens with zero attached hydrogens (tertiary/aromatic N) is 5. The van der Waals surface area contributed by atoms with Gasteiger partial charge in [-0.3, -0.25) is 4.79 Å². The topological polar surface area (TPSA) is 74.2 Å². The van der Waals surface area contributed by atoms with Gasteiger partial charge in [0.15, 0.2) is 0 Å². The highest BCUT2D eigenvalue weighted by molar-refractivity contribution is 6.33. The maximum absolute atomic E-state index is 12.4. The van der Waals surface area contributed by atoms with Crippen LogP contribution in [0.4, 0.5) is 17.3 Å². The van der Waals surface area contributed by atoms with Gasteiger partial charge in [0.2, 0.25) is 5.95 Å². The molecular formula is C20H19ClN6O. The van der Waals surface area contributed by atoms with Crippen molar-refractivity contribution in [1.82, 2.24) is 15.0 Å². The van der Waals surface area contributed by atoms with Crippen molar-refractivity contribution in [1.29, 1.82) is 0 Å². The third-order valence-corrected chi connectivity index (χ3v) is 4.91. The number of rotatable bonds is 4. The standard InChI is InChI=1S/C20H19ClN6O/c21-16-4-1-2-5-17(16)25-19(28)18-7-6-15(14-24-18)26-10-12-27(13-11-26)20-22-8-3-9-23-20/h1-9,14H,10-13H2,(H,25,28). The van der Waals surface area contributed by atoms with Gasteiger partial charge < -0.3 is 15.1 Å². The van der Waals surface area contributed by atoms with Crippen LogP contribution >= 0.6 is 11.6 Å². The number of pyridine rings is 1. The molecule has 7 nitrogen and oxygen atoms in total. The predicted molar refractivity (Wildman–Crippen MR) is 110 cm³/mol. The van der Waals surface area contributed by atoms with Crippen LogP contribution in [-0.4, -0.2) is 47.0 Å². The van der Waals surface area contributed by atoms with Crippen molar-refractivity contribution in [2.24, 2.45) is 0 Å². The number of piperazine rings is 1. The summed E-state index contributed by atoms with van der Waals surface area (Å²) in [5, 5.41) is 3.28. The molecular weight excluding hydrogens is 376 g/mol. The number of benzene rings is 1. The number of para-hydroxylation sites is 1. The van der Waals surface area contributed by atoms with Crippen molar-refractivity contribution in [2.45, 2.75) is 0 Å². The molecule has 3 heterocycles. The fourth-order valence-corrected chi connectivity index (χ4v) is 3.26. The van der Waals surface area contributed by atoms with E-state index in [9.17, 15) is 4.79 Å². The van der Waals surface area contributed by atoms with Crippen molar-refractivity contribution < 1.29 is 4.79 Å². The van der Waals surface area contributed by atoms with Gasteiger partial charge in [0, 0.05) is 38.6 Å². The third kappa shape index (κ3) is 4.04. The second kappa shape index (κ2) is 8.22. The second-order valence-electron chi connectivity index (χ2n) is 6.36. The Hall–Kier alpha value is -3.19. The summed E-state index contributed by atoms with van der Waals surface area (Å²) in [6.45, 7) is 3.34. The van der Waals surface area contributed by atoms with Gasteiger partial charge in [0.05, 0.1) is 22.6 Å². The number of amides is 1. The molecule has 28 heavy (non-hydrogen) atoms. The van der Waals surface area contributed by atoms with Gasteiger partial charge >= 0.3 is 0 Å². The monoisotopic (exact) mass is 394 g/mol. The largest absolute Gasteiger partial charge is 0.367 e. The molecule has 1 amide bonds. The molecule has 142 valence electrons. The summed E-state index contributed by atoms with van der Waals surface area (Å²) in [5.41, 5.74) is 1.90. The van der Waals surface area contributed by atoms with Crippen LogP contribution in [0.15, 0.2) is 61.1 Å². The minimum absolute atomic E-state index is 0.286. The molecule has 8 heteroatoms. The normalized spacial score (nSPS) is 14.0. The number of halogens is 1. The minimum atomic E-state index is -0.286. The molecule has 1 aromatic carbocycles. The highest BCUT2D eigenvalue weighted by Gasteiger charge is 2.19. The fourth-order valence-electron chi connectivity index (χ4n) is 3.08. The minimum Gasteiger partial charge on any atom is -0.367 e. The van der Waals surface area contributed by atoms with Gasteiger partial charge in [-0.2, -0.15) is 0 Å². The van der Waals surface area contributed by atoms with E-state index in [4.69, 9.17) is 11.6 Å². The Morgan fingerprint density at radius 3 is 2.29 bits per heavy atom. The lowest BCUT2D eigenvalue weighted by atomic mass is 10.2. The predicted octanol–water partition coefficient (Wildman–Crippen LogP) is 3.10. The van der Waals surface area contributed by atoms with E-state index in [1.165, 1.54) is 0 Å². The lowest BCUT2D eigenvalue weighted by Gasteiger charge is -2.35. The molecule has 0 aliphatic carbocycles. The van der Waals surface area contributed by atoms with Crippen LogP contribution in [0.25, 0.3) is 0 Å². The van der Waals surface area contributed by atoms with Crippen molar-refractivity contribution in [2.75, 3.05) is 41.3 Å². The SMILES string of the molecule is O=C(Nc1ccccc1Cl)c1ccc(N2CCN(c3ncccn3)CC2)cn1. The zero-order chi connectivity index (χ0) is 19.3. The van der Waals surface area contributed by atoms with Crippen LogP contribution in [0, 0.1) is 0 Å². The number of nitrogens with one attached hydrogen (secondary N) is 1. The van der Waals surface area contributed by atoms with Gasteiger partial charge in [0.1, 0.15) is 5.69 Å². The Labute approximate surface area is 168 Å². The molecule has 2 aromatic heterocycles. The molecule has 3 aromatic rings. The van der Waals surface area contributed by atoms with Gasteiger partial charge in [-0.1, -0.05) is 23.7 Å². The molecule has 1 saturated heterocycles. The van der Waals surface area contributed by atoms with Crippen LogP contribution < -0.4 is 15.1 Å². The number of hydrogen-bond acceptors (Lipinski definition) is 6. The number of hydrogen-bond donors (Lipinski definition) is 1. The van der Waals surface area contributed by atoms with Gasteiger partial charge in [-0.15, -0.1) is 0 Å². The molecule has 0 unspecified atom stereocenters. The van der Waals surface area contributed by atoms with E-state index in [2.05, 4.69) is 30.1 Å². The molecule has 4 rings (SSSR count). The second-order valence-corrected chi connectivity index (χ2v) is 6.77. The molecule has 1 aliphatic rings. The van der Waals surface area contributed by atoms with E-state index in [0.717, 1.165) is 37.8 Å². The van der Waals surface area contributed by atoms with E-state index in [1.807, 2.05) is 24.3 Å². The van der Waals surface area contributed by atoms with Gasteiger partial charge in [-0.05, 0) is 30.3 Å². The zero-order valence-electron chi connectivity index (χ0n) is 15.1. The highest BCUT2D eigenvalue weighted by atomic mass is 35.5. The molecule has 0 saturated carbocycles. The molecule has 0 radical (unpaired) electrons. The smallest absolute Gasteiger partial charge is 0.274 e. The molecule has 0 atom stereocenters. The Morgan fingerprint density at radius 2 is 1.61 bits per heavy atom. The molecule has 1 fully saturated rings. The Bertz CT molecular complexity index is 942. The maximum atomic E-state index is 12.4.